The highest BCUT2D eigenvalue weighted by Gasteiger charge is 2.30. The zero-order valence-electron chi connectivity index (χ0n) is 10.5. The minimum atomic E-state index is -0.447. The molecule has 20 heavy (non-hydrogen) atoms. The van der Waals surface area contributed by atoms with Crippen LogP contribution in [0.5, 0.6) is 17.2 Å². The highest BCUT2D eigenvalue weighted by Crippen LogP contribution is 2.41. The van der Waals surface area contributed by atoms with Gasteiger partial charge in [0.25, 0.3) is 0 Å². The maximum atomic E-state index is 12.1. The number of hydrogen-bond donors (Lipinski definition) is 3. The maximum Gasteiger partial charge on any atom is 0.174 e. The van der Waals surface area contributed by atoms with Gasteiger partial charge in [-0.25, -0.2) is 0 Å². The third-order valence-corrected chi connectivity index (χ3v) is 3.29. The topological polar surface area (TPSA) is 92.8 Å². The van der Waals surface area contributed by atoms with Crippen molar-refractivity contribution in [2.75, 3.05) is 5.73 Å². The van der Waals surface area contributed by atoms with Crippen molar-refractivity contribution >= 4 is 11.5 Å². The van der Waals surface area contributed by atoms with Crippen molar-refractivity contribution in [1.82, 2.24) is 0 Å². The van der Waals surface area contributed by atoms with Crippen LogP contribution in [-0.4, -0.2) is 16.0 Å². The monoisotopic (exact) mass is 271 g/mol. The van der Waals surface area contributed by atoms with Crippen LogP contribution in [0.25, 0.3) is 0 Å². The quantitative estimate of drug-likeness (QED) is 0.692. The molecule has 1 aliphatic heterocycles. The maximum absolute atomic E-state index is 12.1. The fourth-order valence-electron chi connectivity index (χ4n) is 2.32. The van der Waals surface area contributed by atoms with E-state index in [0.29, 0.717) is 5.69 Å². The molecular weight excluding hydrogens is 258 g/mol. The summed E-state index contributed by atoms with van der Waals surface area (Å²) < 4.78 is 5.71. The number of rotatable bonds is 1. The fraction of sp³-hybridized carbons (Fsp3) is 0.133. The van der Waals surface area contributed by atoms with Crippen molar-refractivity contribution in [2.45, 2.75) is 12.5 Å². The van der Waals surface area contributed by atoms with Gasteiger partial charge in [0.05, 0.1) is 6.42 Å². The second kappa shape index (κ2) is 4.45. The summed E-state index contributed by atoms with van der Waals surface area (Å²) in [5.41, 5.74) is 7.20. The Morgan fingerprint density at radius 2 is 1.85 bits per heavy atom. The van der Waals surface area contributed by atoms with Gasteiger partial charge in [-0.05, 0) is 17.7 Å². The van der Waals surface area contributed by atoms with Crippen molar-refractivity contribution < 1.29 is 19.7 Å². The molecule has 1 heterocycles. The van der Waals surface area contributed by atoms with Crippen molar-refractivity contribution in [3.8, 4) is 17.2 Å². The predicted molar refractivity (Wildman–Crippen MR) is 72.9 cm³/mol. The van der Waals surface area contributed by atoms with E-state index in [0.717, 1.165) is 11.6 Å². The first-order valence-corrected chi connectivity index (χ1v) is 6.16. The molecule has 0 fully saturated rings. The molecule has 0 bridgehead atoms. The molecule has 0 radical (unpaired) electrons. The fourth-order valence-corrected chi connectivity index (χ4v) is 2.32. The normalized spacial score (nSPS) is 17.4. The molecule has 5 heteroatoms. The number of hydrogen-bond acceptors (Lipinski definition) is 5. The minimum Gasteiger partial charge on any atom is -0.508 e. The number of Topliss-reactive ketones (excluding diaryl/α,β-unsaturated/α-hetero) is 1. The summed E-state index contributed by atoms with van der Waals surface area (Å²) in [6.45, 7) is 0. The van der Waals surface area contributed by atoms with Crippen LogP contribution in [0.15, 0.2) is 36.4 Å². The first-order valence-electron chi connectivity index (χ1n) is 6.16. The lowest BCUT2D eigenvalue weighted by Gasteiger charge is -2.26. The third-order valence-electron chi connectivity index (χ3n) is 3.29. The van der Waals surface area contributed by atoms with Gasteiger partial charge in [-0.3, -0.25) is 4.79 Å². The van der Waals surface area contributed by atoms with Gasteiger partial charge >= 0.3 is 0 Å². The van der Waals surface area contributed by atoms with E-state index in [1.165, 1.54) is 6.07 Å². The third kappa shape index (κ3) is 2.03. The molecule has 0 saturated heterocycles. The zero-order valence-corrected chi connectivity index (χ0v) is 10.5. The molecule has 1 aliphatic rings. The summed E-state index contributed by atoms with van der Waals surface area (Å²) in [7, 11) is 0. The Morgan fingerprint density at radius 3 is 2.55 bits per heavy atom. The van der Waals surface area contributed by atoms with Crippen LogP contribution < -0.4 is 10.5 Å². The van der Waals surface area contributed by atoms with Crippen LogP contribution in [0.1, 0.15) is 28.4 Å². The van der Waals surface area contributed by atoms with Crippen LogP contribution in [0, 0.1) is 0 Å². The minimum absolute atomic E-state index is 0.120. The number of carbonyl (C=O) groups is 1. The van der Waals surface area contributed by atoms with Crippen LogP contribution in [0.3, 0.4) is 0 Å². The molecule has 2 aromatic carbocycles. The van der Waals surface area contributed by atoms with E-state index in [1.807, 2.05) is 0 Å². The number of ketones is 1. The van der Waals surface area contributed by atoms with Crippen LogP contribution in [0.4, 0.5) is 5.69 Å². The summed E-state index contributed by atoms with van der Waals surface area (Å²) in [5, 5.41) is 19.2. The first kappa shape index (κ1) is 12.3. The zero-order chi connectivity index (χ0) is 14.3. The number of phenols is 2. The Kier molecular flexibility index (Phi) is 2.75. The number of carbonyl (C=O) groups excluding carboxylic acids is 1. The van der Waals surface area contributed by atoms with E-state index in [2.05, 4.69) is 0 Å². The van der Waals surface area contributed by atoms with Crippen molar-refractivity contribution in [3.05, 3.63) is 47.5 Å². The lowest BCUT2D eigenvalue weighted by Crippen LogP contribution is -2.20. The number of benzene rings is 2. The van der Waals surface area contributed by atoms with Crippen LogP contribution >= 0.6 is 0 Å². The second-order valence-electron chi connectivity index (χ2n) is 4.74. The Morgan fingerprint density at radius 1 is 1.15 bits per heavy atom. The molecule has 1 atom stereocenters. The first-order chi connectivity index (χ1) is 9.54. The van der Waals surface area contributed by atoms with E-state index in [-0.39, 0.29) is 35.0 Å². The van der Waals surface area contributed by atoms with Crippen molar-refractivity contribution in [3.63, 3.8) is 0 Å². The average Bonchev–Trinajstić information content (AvgIpc) is 2.38. The largest absolute Gasteiger partial charge is 0.508 e. The van der Waals surface area contributed by atoms with E-state index < -0.39 is 6.10 Å². The van der Waals surface area contributed by atoms with Crippen molar-refractivity contribution in [2.24, 2.45) is 0 Å². The lowest BCUT2D eigenvalue weighted by molar-refractivity contribution is 0.0845. The van der Waals surface area contributed by atoms with Crippen LogP contribution in [0.2, 0.25) is 0 Å². The van der Waals surface area contributed by atoms with Gasteiger partial charge in [-0.1, -0.05) is 12.1 Å². The van der Waals surface area contributed by atoms with E-state index in [1.54, 1.807) is 24.3 Å². The standard InChI is InChI=1S/C15H13NO4/c16-9-3-1-8(2-4-9)13-7-12(19)15-11(18)5-10(17)6-14(15)20-13/h1-6,13,17-18H,7,16H2/t13-/m0/s1. The van der Waals surface area contributed by atoms with Crippen molar-refractivity contribution in [1.29, 1.82) is 0 Å². The lowest BCUT2D eigenvalue weighted by atomic mass is 9.95. The number of anilines is 1. The van der Waals surface area contributed by atoms with E-state index in [4.69, 9.17) is 10.5 Å². The summed E-state index contributed by atoms with van der Waals surface area (Å²) in [6, 6.07) is 9.51. The van der Waals surface area contributed by atoms with Gasteiger partial charge in [0, 0.05) is 17.8 Å². The van der Waals surface area contributed by atoms with Gasteiger partial charge < -0.3 is 20.7 Å². The summed E-state index contributed by atoms with van der Waals surface area (Å²) in [5.74, 6) is -0.432. The molecule has 0 amide bonds. The van der Waals surface area contributed by atoms with E-state index in [9.17, 15) is 15.0 Å². The number of ether oxygens (including phenoxy) is 1. The number of nitrogen functional groups attached to an aromatic ring is 1. The van der Waals surface area contributed by atoms with Crippen LogP contribution in [-0.2, 0) is 0 Å². The van der Waals surface area contributed by atoms with Gasteiger partial charge in [-0.15, -0.1) is 0 Å². The molecule has 0 saturated carbocycles. The number of phenolic OH excluding ortho intramolecular Hbond substituents is 2. The van der Waals surface area contributed by atoms with Gasteiger partial charge in [0.2, 0.25) is 0 Å². The molecule has 102 valence electrons. The molecule has 0 unspecified atom stereocenters. The molecule has 2 aromatic rings. The highest BCUT2D eigenvalue weighted by atomic mass is 16.5. The molecular formula is C15H13NO4. The number of aromatic hydroxyl groups is 2. The summed E-state index contributed by atoms with van der Waals surface area (Å²) in [6.07, 6.45) is -0.313. The summed E-state index contributed by atoms with van der Waals surface area (Å²) in [4.78, 5) is 12.1. The number of fused-ring (bicyclic) bond motifs is 1. The Hall–Kier alpha value is -2.69. The van der Waals surface area contributed by atoms with Gasteiger partial charge in [-0.2, -0.15) is 0 Å². The molecule has 0 aliphatic carbocycles. The SMILES string of the molecule is Nc1ccc([C@@H]2CC(=O)c3c(O)cc(O)cc3O2)cc1. The van der Waals surface area contributed by atoms with Gasteiger partial charge in [0.15, 0.2) is 5.78 Å². The average molecular weight is 271 g/mol. The molecule has 0 aromatic heterocycles. The highest BCUT2D eigenvalue weighted by molar-refractivity contribution is 6.02. The smallest absolute Gasteiger partial charge is 0.174 e. The Bertz CT molecular complexity index is 679. The number of nitrogens with two attached hydrogens (primary N) is 1. The predicted octanol–water partition coefficient (Wildman–Crippen LogP) is 2.39. The molecule has 4 N–H and O–H groups in total. The molecule has 0 spiro atoms. The molecule has 5 nitrogen and oxygen atoms in total. The van der Waals surface area contributed by atoms with E-state index >= 15 is 0 Å². The summed E-state index contributed by atoms with van der Waals surface area (Å²) >= 11 is 0. The molecule has 3 rings (SSSR count). The van der Waals surface area contributed by atoms with Gasteiger partial charge in [0.1, 0.15) is 28.9 Å². The Balaban J connectivity index is 2.00. The Labute approximate surface area is 115 Å². The second-order valence-corrected chi connectivity index (χ2v) is 4.74.